The number of benzene rings is 2. The van der Waals surface area contributed by atoms with Crippen LogP contribution in [0.25, 0.3) is 11.1 Å². The van der Waals surface area contributed by atoms with Crippen molar-refractivity contribution in [1.29, 1.82) is 5.26 Å². The van der Waals surface area contributed by atoms with Crippen LogP contribution in [-0.4, -0.2) is 7.05 Å². The predicted molar refractivity (Wildman–Crippen MR) is 68.6 cm³/mol. The van der Waals surface area contributed by atoms with Gasteiger partial charge < -0.3 is 4.90 Å². The highest BCUT2D eigenvalue weighted by Crippen LogP contribution is 2.43. The minimum absolute atomic E-state index is 0.193. The molecule has 2 aromatic carbocycles. The van der Waals surface area contributed by atoms with Crippen LogP contribution >= 0.6 is 0 Å². The molecule has 0 fully saturated rings. The second kappa shape index (κ2) is 3.64. The number of anilines is 1. The molecular formula is C15H12N2. The molecule has 1 aliphatic heterocycles. The van der Waals surface area contributed by atoms with E-state index in [-0.39, 0.29) is 6.04 Å². The van der Waals surface area contributed by atoms with Crippen LogP contribution < -0.4 is 4.90 Å². The Morgan fingerprint density at radius 2 is 1.65 bits per heavy atom. The fourth-order valence-electron chi connectivity index (χ4n) is 2.49. The van der Waals surface area contributed by atoms with Gasteiger partial charge in [-0.3, -0.25) is 0 Å². The highest BCUT2D eigenvalue weighted by atomic mass is 15.1. The van der Waals surface area contributed by atoms with E-state index in [0.717, 1.165) is 11.3 Å². The topological polar surface area (TPSA) is 27.0 Å². The first-order valence-electron chi connectivity index (χ1n) is 5.63. The number of hydrogen-bond acceptors (Lipinski definition) is 2. The van der Waals surface area contributed by atoms with Crippen LogP contribution in [0.4, 0.5) is 5.69 Å². The van der Waals surface area contributed by atoms with E-state index in [2.05, 4.69) is 24.3 Å². The lowest BCUT2D eigenvalue weighted by atomic mass is 9.89. The standard InChI is InChI=1S/C15H12N2/c1-17-14-9-5-4-7-12(14)11-6-2-3-8-13(11)15(17)10-16/h2-9,15H,1H3. The number of nitriles is 1. The van der Waals surface area contributed by atoms with Crippen molar-refractivity contribution < 1.29 is 0 Å². The molecule has 0 amide bonds. The fraction of sp³-hybridized carbons (Fsp3) is 0.133. The fourth-order valence-corrected chi connectivity index (χ4v) is 2.49. The maximum atomic E-state index is 9.34. The minimum atomic E-state index is -0.193. The third kappa shape index (κ3) is 1.33. The third-order valence-electron chi connectivity index (χ3n) is 3.34. The van der Waals surface area contributed by atoms with Gasteiger partial charge >= 0.3 is 0 Å². The molecule has 1 atom stereocenters. The largest absolute Gasteiger partial charge is 0.355 e. The Hall–Kier alpha value is -2.27. The van der Waals surface area contributed by atoms with Gasteiger partial charge in [-0.2, -0.15) is 5.26 Å². The number of fused-ring (bicyclic) bond motifs is 3. The Kier molecular flexibility index (Phi) is 2.12. The van der Waals surface area contributed by atoms with Gasteiger partial charge in [0.1, 0.15) is 6.04 Å². The van der Waals surface area contributed by atoms with Crippen molar-refractivity contribution in [3.63, 3.8) is 0 Å². The molecule has 0 spiro atoms. The molecule has 3 rings (SSSR count). The Bertz CT molecular complexity index is 610. The smallest absolute Gasteiger partial charge is 0.143 e. The molecule has 0 bridgehead atoms. The number of para-hydroxylation sites is 1. The molecule has 0 saturated heterocycles. The highest BCUT2D eigenvalue weighted by molar-refractivity contribution is 5.85. The average Bonchev–Trinajstić information content (AvgIpc) is 2.40. The Balaban J connectivity index is 2.34. The Morgan fingerprint density at radius 1 is 1.00 bits per heavy atom. The molecule has 2 heteroatoms. The van der Waals surface area contributed by atoms with Crippen molar-refractivity contribution >= 4 is 5.69 Å². The SMILES string of the molecule is CN1c2ccccc2-c2ccccc2C1C#N. The van der Waals surface area contributed by atoms with Gasteiger partial charge in [0.2, 0.25) is 0 Å². The molecule has 2 nitrogen and oxygen atoms in total. The minimum Gasteiger partial charge on any atom is -0.355 e. The maximum Gasteiger partial charge on any atom is 0.143 e. The average molecular weight is 220 g/mol. The van der Waals surface area contributed by atoms with Gasteiger partial charge in [-0.1, -0.05) is 42.5 Å². The molecule has 0 radical (unpaired) electrons. The van der Waals surface area contributed by atoms with Gasteiger partial charge in [0.15, 0.2) is 0 Å². The normalized spacial score (nSPS) is 16.9. The zero-order valence-electron chi connectivity index (χ0n) is 9.59. The lowest BCUT2D eigenvalue weighted by Crippen LogP contribution is -2.27. The van der Waals surface area contributed by atoms with Crippen LogP contribution in [0.2, 0.25) is 0 Å². The second-order valence-electron chi connectivity index (χ2n) is 4.25. The summed E-state index contributed by atoms with van der Waals surface area (Å²) in [6.07, 6.45) is 0. The number of nitrogens with zero attached hydrogens (tertiary/aromatic N) is 2. The van der Waals surface area contributed by atoms with Crippen molar-refractivity contribution in [2.45, 2.75) is 6.04 Å². The Morgan fingerprint density at radius 3 is 2.41 bits per heavy atom. The summed E-state index contributed by atoms with van der Waals surface area (Å²) in [5.41, 5.74) is 4.60. The van der Waals surface area contributed by atoms with Crippen molar-refractivity contribution in [2.24, 2.45) is 0 Å². The van der Waals surface area contributed by atoms with Crippen LogP contribution in [0.1, 0.15) is 11.6 Å². The lowest BCUT2D eigenvalue weighted by molar-refractivity contribution is 0.814. The highest BCUT2D eigenvalue weighted by Gasteiger charge is 2.27. The van der Waals surface area contributed by atoms with E-state index in [1.807, 2.05) is 42.3 Å². The van der Waals surface area contributed by atoms with Crippen LogP contribution in [0.15, 0.2) is 48.5 Å². The Labute approximate surface area is 101 Å². The van der Waals surface area contributed by atoms with Crippen molar-refractivity contribution in [2.75, 3.05) is 11.9 Å². The van der Waals surface area contributed by atoms with E-state index in [0.29, 0.717) is 0 Å². The van der Waals surface area contributed by atoms with Crippen molar-refractivity contribution in [3.8, 4) is 17.2 Å². The summed E-state index contributed by atoms with van der Waals surface area (Å²) >= 11 is 0. The van der Waals surface area contributed by atoms with Gasteiger partial charge in [-0.15, -0.1) is 0 Å². The van der Waals surface area contributed by atoms with E-state index < -0.39 is 0 Å². The molecule has 1 heterocycles. The van der Waals surface area contributed by atoms with E-state index in [1.54, 1.807) is 0 Å². The summed E-state index contributed by atoms with van der Waals surface area (Å²) in [5.74, 6) is 0. The monoisotopic (exact) mass is 220 g/mol. The molecule has 0 aliphatic carbocycles. The molecule has 0 saturated carbocycles. The summed E-state index contributed by atoms with van der Waals surface area (Å²) in [6.45, 7) is 0. The number of rotatable bonds is 0. The molecule has 1 unspecified atom stereocenters. The zero-order chi connectivity index (χ0) is 11.8. The molecule has 2 aromatic rings. The van der Waals surface area contributed by atoms with Crippen molar-refractivity contribution in [3.05, 3.63) is 54.1 Å². The first-order chi connectivity index (χ1) is 8.33. The summed E-state index contributed by atoms with van der Waals surface area (Å²) in [5, 5.41) is 9.34. The van der Waals surface area contributed by atoms with Gasteiger partial charge in [0.05, 0.1) is 6.07 Å². The quantitative estimate of drug-likeness (QED) is 0.680. The van der Waals surface area contributed by atoms with Gasteiger partial charge in [0, 0.05) is 18.3 Å². The first-order valence-corrected chi connectivity index (χ1v) is 5.63. The zero-order valence-corrected chi connectivity index (χ0v) is 9.59. The molecule has 82 valence electrons. The van der Waals surface area contributed by atoms with Gasteiger partial charge in [-0.05, 0) is 17.2 Å². The maximum absolute atomic E-state index is 9.34. The van der Waals surface area contributed by atoms with Crippen molar-refractivity contribution in [1.82, 2.24) is 0 Å². The van der Waals surface area contributed by atoms with E-state index in [1.165, 1.54) is 11.1 Å². The van der Waals surface area contributed by atoms with Crippen LogP contribution in [0.3, 0.4) is 0 Å². The molecule has 0 N–H and O–H groups in total. The molecule has 17 heavy (non-hydrogen) atoms. The van der Waals surface area contributed by atoms with Crippen LogP contribution in [0, 0.1) is 11.3 Å². The van der Waals surface area contributed by atoms with Crippen LogP contribution in [0.5, 0.6) is 0 Å². The van der Waals surface area contributed by atoms with E-state index >= 15 is 0 Å². The summed E-state index contributed by atoms with van der Waals surface area (Å²) in [6, 6.07) is 18.5. The molecule has 1 aliphatic rings. The second-order valence-corrected chi connectivity index (χ2v) is 4.25. The first kappa shape index (κ1) is 9.92. The summed E-state index contributed by atoms with van der Waals surface area (Å²) in [7, 11) is 1.97. The summed E-state index contributed by atoms with van der Waals surface area (Å²) < 4.78 is 0. The van der Waals surface area contributed by atoms with Crippen LogP contribution in [-0.2, 0) is 0 Å². The van der Waals surface area contributed by atoms with Gasteiger partial charge in [0.25, 0.3) is 0 Å². The predicted octanol–water partition coefficient (Wildman–Crippen LogP) is 3.37. The van der Waals surface area contributed by atoms with Gasteiger partial charge in [-0.25, -0.2) is 0 Å². The lowest BCUT2D eigenvalue weighted by Gasteiger charge is -2.33. The summed E-state index contributed by atoms with van der Waals surface area (Å²) in [4.78, 5) is 2.04. The molecular weight excluding hydrogens is 208 g/mol. The third-order valence-corrected chi connectivity index (χ3v) is 3.34. The molecule has 0 aromatic heterocycles. The number of hydrogen-bond donors (Lipinski definition) is 0. The van der Waals surface area contributed by atoms with E-state index in [4.69, 9.17) is 0 Å². The van der Waals surface area contributed by atoms with E-state index in [9.17, 15) is 5.26 Å².